The summed E-state index contributed by atoms with van der Waals surface area (Å²) in [4.78, 5) is 16.3. The molecule has 1 N–H and O–H groups in total. The molecule has 1 atom stereocenters. The quantitative estimate of drug-likeness (QED) is 0.317. The van der Waals surface area contributed by atoms with Gasteiger partial charge in [-0.25, -0.2) is 4.98 Å². The summed E-state index contributed by atoms with van der Waals surface area (Å²) in [6.45, 7) is 4.51. The summed E-state index contributed by atoms with van der Waals surface area (Å²) in [6, 6.07) is 18.0. The Morgan fingerprint density at radius 1 is 1.16 bits per heavy atom. The fourth-order valence-electron chi connectivity index (χ4n) is 3.37. The lowest BCUT2D eigenvalue weighted by molar-refractivity contribution is -0.138. The first-order valence-electron chi connectivity index (χ1n) is 10.5. The summed E-state index contributed by atoms with van der Waals surface area (Å²) >= 11 is 1.68. The molecule has 2 aromatic carbocycles. The molecule has 4 rings (SSSR count). The Kier molecular flexibility index (Phi) is 6.87. The SMILES string of the molecule is Cc1oc(-c2cc3ccccc3s2)nc1CCOc1ccc(C(C)OCCC(=O)O)cc1. The lowest BCUT2D eigenvalue weighted by atomic mass is 10.1. The van der Waals surface area contributed by atoms with Crippen molar-refractivity contribution in [3.63, 3.8) is 0 Å². The highest BCUT2D eigenvalue weighted by Crippen LogP contribution is 2.33. The third-order valence-electron chi connectivity index (χ3n) is 5.17. The molecule has 0 spiro atoms. The Labute approximate surface area is 190 Å². The predicted octanol–water partition coefficient (Wildman–Crippen LogP) is 6.04. The topological polar surface area (TPSA) is 81.8 Å². The second-order valence-corrected chi connectivity index (χ2v) is 8.58. The van der Waals surface area contributed by atoms with Gasteiger partial charge in [-0.2, -0.15) is 0 Å². The van der Waals surface area contributed by atoms with E-state index in [1.165, 1.54) is 10.1 Å². The van der Waals surface area contributed by atoms with Gasteiger partial charge in [0.05, 0.1) is 36.3 Å². The van der Waals surface area contributed by atoms with E-state index in [9.17, 15) is 4.79 Å². The number of thiophene rings is 1. The zero-order chi connectivity index (χ0) is 22.5. The lowest BCUT2D eigenvalue weighted by Gasteiger charge is -2.13. The van der Waals surface area contributed by atoms with Crippen molar-refractivity contribution in [2.24, 2.45) is 0 Å². The van der Waals surface area contributed by atoms with Crippen molar-refractivity contribution < 1.29 is 23.8 Å². The number of oxazole rings is 1. The van der Waals surface area contributed by atoms with Crippen molar-refractivity contribution in [2.45, 2.75) is 32.8 Å². The van der Waals surface area contributed by atoms with Gasteiger partial charge < -0.3 is 19.0 Å². The molecule has 0 amide bonds. The number of hydrogen-bond donors (Lipinski definition) is 1. The molecule has 0 saturated carbocycles. The standard InChI is InChI=1S/C25H25NO5S/c1-16(29-14-12-24(27)28)18-7-9-20(10-8-18)30-13-11-21-17(2)31-25(26-21)23-15-19-5-3-4-6-22(19)32-23/h3-10,15-16H,11-14H2,1-2H3,(H,27,28). The van der Waals surface area contributed by atoms with Gasteiger partial charge in [0.1, 0.15) is 11.5 Å². The number of nitrogens with zero attached hydrogens (tertiary/aromatic N) is 1. The highest BCUT2D eigenvalue weighted by molar-refractivity contribution is 7.22. The number of carboxylic acids is 1. The van der Waals surface area contributed by atoms with Gasteiger partial charge >= 0.3 is 5.97 Å². The second-order valence-electron chi connectivity index (χ2n) is 7.49. The van der Waals surface area contributed by atoms with Gasteiger partial charge in [0.15, 0.2) is 0 Å². The summed E-state index contributed by atoms with van der Waals surface area (Å²) < 4.78 is 18.6. The summed E-state index contributed by atoms with van der Waals surface area (Å²) in [6.07, 6.45) is 0.474. The largest absolute Gasteiger partial charge is 0.493 e. The Balaban J connectivity index is 1.31. The molecule has 0 fully saturated rings. The van der Waals surface area contributed by atoms with Crippen LogP contribution in [0.25, 0.3) is 20.9 Å². The highest BCUT2D eigenvalue weighted by Gasteiger charge is 2.14. The molecule has 2 aromatic heterocycles. The van der Waals surface area contributed by atoms with E-state index >= 15 is 0 Å². The van der Waals surface area contributed by atoms with Gasteiger partial charge in [-0.3, -0.25) is 4.79 Å². The fourth-order valence-corrected chi connectivity index (χ4v) is 4.36. The molecule has 1 unspecified atom stereocenters. The van der Waals surface area contributed by atoms with Crippen molar-refractivity contribution in [3.05, 3.63) is 71.6 Å². The highest BCUT2D eigenvalue weighted by atomic mass is 32.1. The van der Waals surface area contributed by atoms with Gasteiger partial charge in [0, 0.05) is 11.1 Å². The zero-order valence-electron chi connectivity index (χ0n) is 18.0. The third-order valence-corrected chi connectivity index (χ3v) is 6.27. The molecule has 166 valence electrons. The van der Waals surface area contributed by atoms with E-state index in [1.54, 1.807) is 11.3 Å². The molecule has 2 heterocycles. The normalized spacial score (nSPS) is 12.2. The predicted molar refractivity (Wildman–Crippen MR) is 124 cm³/mol. The molecule has 0 saturated heterocycles. The molecule has 0 aliphatic rings. The van der Waals surface area contributed by atoms with Crippen LogP contribution in [0.15, 0.2) is 59.0 Å². The van der Waals surface area contributed by atoms with Crippen LogP contribution in [0, 0.1) is 6.92 Å². The number of aromatic nitrogens is 1. The average Bonchev–Trinajstić information content (AvgIpc) is 3.37. The zero-order valence-corrected chi connectivity index (χ0v) is 18.9. The Morgan fingerprint density at radius 2 is 1.94 bits per heavy atom. The maximum atomic E-state index is 10.6. The first kappa shape index (κ1) is 22.0. The number of rotatable bonds is 10. The minimum atomic E-state index is -0.862. The Morgan fingerprint density at radius 3 is 2.69 bits per heavy atom. The van der Waals surface area contributed by atoms with Crippen molar-refractivity contribution in [1.82, 2.24) is 4.98 Å². The van der Waals surface area contributed by atoms with E-state index in [-0.39, 0.29) is 19.1 Å². The van der Waals surface area contributed by atoms with Crippen LogP contribution in [-0.4, -0.2) is 29.3 Å². The van der Waals surface area contributed by atoms with Gasteiger partial charge in [-0.05, 0) is 49.1 Å². The number of aryl methyl sites for hydroxylation is 1. The maximum Gasteiger partial charge on any atom is 0.305 e. The lowest BCUT2D eigenvalue weighted by Crippen LogP contribution is -2.06. The fraction of sp³-hybridized carbons (Fsp3) is 0.280. The first-order valence-corrected chi connectivity index (χ1v) is 11.3. The number of hydrogen-bond acceptors (Lipinski definition) is 6. The van der Waals surface area contributed by atoms with E-state index in [0.29, 0.717) is 18.9 Å². The van der Waals surface area contributed by atoms with Crippen molar-refractivity contribution in [3.8, 4) is 16.5 Å². The number of benzene rings is 2. The van der Waals surface area contributed by atoms with Crippen LogP contribution in [-0.2, 0) is 16.0 Å². The van der Waals surface area contributed by atoms with Crippen LogP contribution < -0.4 is 4.74 Å². The first-order chi connectivity index (χ1) is 15.5. The number of carbonyl (C=O) groups is 1. The smallest absolute Gasteiger partial charge is 0.305 e. The van der Waals surface area contributed by atoms with E-state index in [1.807, 2.05) is 50.2 Å². The van der Waals surface area contributed by atoms with Crippen LogP contribution in [0.1, 0.15) is 36.5 Å². The van der Waals surface area contributed by atoms with Gasteiger partial charge in [0.25, 0.3) is 0 Å². The van der Waals surface area contributed by atoms with Crippen LogP contribution in [0.3, 0.4) is 0 Å². The summed E-state index contributed by atoms with van der Waals surface area (Å²) in [5.74, 6) is 1.36. The summed E-state index contributed by atoms with van der Waals surface area (Å²) in [5, 5.41) is 9.89. The van der Waals surface area contributed by atoms with Crippen molar-refractivity contribution in [1.29, 1.82) is 0 Å². The minimum absolute atomic E-state index is 0.00236. The second kappa shape index (κ2) is 9.97. The van der Waals surface area contributed by atoms with E-state index in [4.69, 9.17) is 24.0 Å². The Bertz CT molecular complexity index is 1160. The van der Waals surface area contributed by atoms with Crippen molar-refractivity contribution >= 4 is 27.4 Å². The molecule has 4 aromatic rings. The number of carboxylic acid groups (broad SMARTS) is 1. The number of ether oxygens (including phenoxy) is 2. The summed E-state index contributed by atoms with van der Waals surface area (Å²) in [7, 11) is 0. The molecular formula is C25H25NO5S. The molecule has 6 nitrogen and oxygen atoms in total. The monoisotopic (exact) mass is 451 g/mol. The van der Waals surface area contributed by atoms with Crippen molar-refractivity contribution in [2.75, 3.05) is 13.2 Å². The summed E-state index contributed by atoms with van der Waals surface area (Å²) in [5.41, 5.74) is 1.87. The minimum Gasteiger partial charge on any atom is -0.493 e. The molecular weight excluding hydrogens is 426 g/mol. The van der Waals surface area contributed by atoms with Gasteiger partial charge in [-0.15, -0.1) is 11.3 Å². The van der Waals surface area contributed by atoms with Crippen LogP contribution in [0.5, 0.6) is 5.75 Å². The van der Waals surface area contributed by atoms with E-state index in [2.05, 4.69) is 18.2 Å². The molecule has 0 radical (unpaired) electrons. The number of aliphatic carboxylic acids is 1. The molecule has 0 aliphatic carbocycles. The van der Waals surface area contributed by atoms with E-state index in [0.717, 1.165) is 27.6 Å². The van der Waals surface area contributed by atoms with Gasteiger partial charge in [0.2, 0.25) is 5.89 Å². The number of fused-ring (bicyclic) bond motifs is 1. The third kappa shape index (κ3) is 5.36. The van der Waals surface area contributed by atoms with E-state index < -0.39 is 5.97 Å². The Hall–Kier alpha value is -3.16. The molecule has 0 aliphatic heterocycles. The van der Waals surface area contributed by atoms with Crippen LogP contribution >= 0.6 is 11.3 Å². The van der Waals surface area contributed by atoms with Gasteiger partial charge in [-0.1, -0.05) is 30.3 Å². The molecule has 0 bridgehead atoms. The molecule has 32 heavy (non-hydrogen) atoms. The average molecular weight is 452 g/mol. The van der Waals surface area contributed by atoms with Crippen LogP contribution in [0.4, 0.5) is 0 Å². The van der Waals surface area contributed by atoms with Crippen LogP contribution in [0.2, 0.25) is 0 Å². The maximum absolute atomic E-state index is 10.6. The molecule has 7 heteroatoms.